The summed E-state index contributed by atoms with van der Waals surface area (Å²) in [5, 5.41) is 4.47. The molecule has 0 spiro atoms. The molecule has 0 unspecified atom stereocenters. The van der Waals surface area contributed by atoms with Gasteiger partial charge in [0.1, 0.15) is 5.82 Å². The molecule has 1 aliphatic rings. The van der Waals surface area contributed by atoms with E-state index in [0.717, 1.165) is 43.9 Å². The SMILES string of the molecule is O=c1n(CCCCCCCCCS)nc2n1CCCC2. The second kappa shape index (κ2) is 8.55. The highest BCUT2D eigenvalue weighted by Gasteiger charge is 2.15. The summed E-state index contributed by atoms with van der Waals surface area (Å²) in [5.74, 6) is 2.00. The van der Waals surface area contributed by atoms with Gasteiger partial charge in [0, 0.05) is 19.5 Å². The van der Waals surface area contributed by atoms with Crippen LogP contribution < -0.4 is 5.69 Å². The zero-order chi connectivity index (χ0) is 14.2. The number of aryl methyl sites for hydroxylation is 2. The van der Waals surface area contributed by atoms with Crippen LogP contribution in [0.2, 0.25) is 0 Å². The summed E-state index contributed by atoms with van der Waals surface area (Å²) in [5.41, 5.74) is 0.105. The number of fused-ring (bicyclic) bond motifs is 1. The molecule has 0 fully saturated rings. The van der Waals surface area contributed by atoms with E-state index < -0.39 is 0 Å². The maximum absolute atomic E-state index is 12.1. The fraction of sp³-hybridized carbons (Fsp3) is 0.867. The van der Waals surface area contributed by atoms with Crippen LogP contribution in [0.5, 0.6) is 0 Å². The molecule has 20 heavy (non-hydrogen) atoms. The van der Waals surface area contributed by atoms with Crippen molar-refractivity contribution in [2.45, 2.75) is 77.3 Å². The Balaban J connectivity index is 1.65. The van der Waals surface area contributed by atoms with Crippen molar-refractivity contribution in [1.82, 2.24) is 14.3 Å². The summed E-state index contributed by atoms with van der Waals surface area (Å²) >= 11 is 4.22. The molecule has 1 aliphatic heterocycles. The Morgan fingerprint density at radius 2 is 1.70 bits per heavy atom. The lowest BCUT2D eigenvalue weighted by Gasteiger charge is -2.09. The van der Waals surface area contributed by atoms with E-state index in [4.69, 9.17) is 0 Å². The van der Waals surface area contributed by atoms with Gasteiger partial charge in [-0.15, -0.1) is 0 Å². The minimum atomic E-state index is 0.105. The van der Waals surface area contributed by atoms with Crippen LogP contribution in [0.25, 0.3) is 0 Å². The summed E-state index contributed by atoms with van der Waals surface area (Å²) in [6.07, 6.45) is 12.0. The van der Waals surface area contributed by atoms with Crippen molar-refractivity contribution in [2.24, 2.45) is 0 Å². The first-order valence-corrected chi connectivity index (χ1v) is 8.73. The molecular formula is C15H27N3OS. The predicted octanol–water partition coefficient (Wildman–Crippen LogP) is 3.04. The third-order valence-electron chi connectivity index (χ3n) is 4.06. The zero-order valence-corrected chi connectivity index (χ0v) is 13.3. The van der Waals surface area contributed by atoms with Crippen LogP contribution >= 0.6 is 12.6 Å². The molecule has 0 amide bonds. The summed E-state index contributed by atoms with van der Waals surface area (Å²) < 4.78 is 3.54. The van der Waals surface area contributed by atoms with Crippen molar-refractivity contribution in [3.63, 3.8) is 0 Å². The number of hydrogen-bond acceptors (Lipinski definition) is 3. The second-order valence-electron chi connectivity index (χ2n) is 5.73. The second-order valence-corrected chi connectivity index (χ2v) is 6.18. The van der Waals surface area contributed by atoms with E-state index in [0.29, 0.717) is 0 Å². The van der Waals surface area contributed by atoms with E-state index in [9.17, 15) is 4.79 Å². The van der Waals surface area contributed by atoms with Crippen molar-refractivity contribution < 1.29 is 0 Å². The molecule has 0 aliphatic carbocycles. The van der Waals surface area contributed by atoms with E-state index in [1.54, 1.807) is 4.68 Å². The molecular weight excluding hydrogens is 270 g/mol. The van der Waals surface area contributed by atoms with E-state index >= 15 is 0 Å². The Morgan fingerprint density at radius 3 is 2.40 bits per heavy atom. The van der Waals surface area contributed by atoms with Crippen molar-refractivity contribution in [3.05, 3.63) is 16.3 Å². The van der Waals surface area contributed by atoms with Crippen molar-refractivity contribution >= 4 is 12.6 Å². The van der Waals surface area contributed by atoms with Crippen LogP contribution in [0.4, 0.5) is 0 Å². The normalized spacial score (nSPS) is 14.4. The molecule has 0 N–H and O–H groups in total. The van der Waals surface area contributed by atoms with Gasteiger partial charge in [-0.2, -0.15) is 17.7 Å². The standard InChI is InChI=1S/C15H27N3OS/c19-15-17-11-8-6-10-14(17)16-18(15)12-7-4-2-1-3-5-9-13-20/h20H,1-13H2. The molecule has 2 heterocycles. The van der Waals surface area contributed by atoms with Crippen LogP contribution in [-0.4, -0.2) is 20.1 Å². The molecule has 0 aromatic carbocycles. The molecule has 0 saturated carbocycles. The van der Waals surface area contributed by atoms with Gasteiger partial charge in [0.15, 0.2) is 0 Å². The van der Waals surface area contributed by atoms with Crippen molar-refractivity contribution in [1.29, 1.82) is 0 Å². The monoisotopic (exact) mass is 297 g/mol. The number of aromatic nitrogens is 3. The Bertz CT molecular complexity index is 452. The first-order chi connectivity index (χ1) is 9.83. The van der Waals surface area contributed by atoms with Gasteiger partial charge >= 0.3 is 5.69 Å². The van der Waals surface area contributed by atoms with E-state index in [-0.39, 0.29) is 5.69 Å². The number of nitrogens with zero attached hydrogens (tertiary/aromatic N) is 3. The van der Waals surface area contributed by atoms with E-state index in [1.165, 1.54) is 44.9 Å². The summed E-state index contributed by atoms with van der Waals surface area (Å²) in [4.78, 5) is 12.1. The molecule has 114 valence electrons. The van der Waals surface area contributed by atoms with Gasteiger partial charge in [0.25, 0.3) is 0 Å². The van der Waals surface area contributed by atoms with E-state index in [1.807, 2.05) is 4.57 Å². The maximum atomic E-state index is 12.1. The smallest absolute Gasteiger partial charge is 0.279 e. The number of unbranched alkanes of at least 4 members (excludes halogenated alkanes) is 6. The lowest BCUT2D eigenvalue weighted by atomic mass is 10.1. The first kappa shape index (κ1) is 15.7. The molecule has 2 rings (SSSR count). The van der Waals surface area contributed by atoms with Crippen LogP contribution in [0.1, 0.15) is 63.6 Å². The average molecular weight is 297 g/mol. The lowest BCUT2D eigenvalue weighted by Crippen LogP contribution is -2.27. The van der Waals surface area contributed by atoms with Gasteiger partial charge in [0.05, 0.1) is 0 Å². The molecule has 0 radical (unpaired) electrons. The summed E-state index contributed by atoms with van der Waals surface area (Å²) in [6.45, 7) is 1.65. The minimum absolute atomic E-state index is 0.105. The quantitative estimate of drug-likeness (QED) is 0.562. The van der Waals surface area contributed by atoms with Gasteiger partial charge < -0.3 is 0 Å². The molecule has 5 heteroatoms. The third-order valence-corrected chi connectivity index (χ3v) is 4.38. The van der Waals surface area contributed by atoms with Gasteiger partial charge in [-0.25, -0.2) is 9.48 Å². The van der Waals surface area contributed by atoms with Crippen LogP contribution in [0.3, 0.4) is 0 Å². The van der Waals surface area contributed by atoms with E-state index in [2.05, 4.69) is 17.7 Å². The predicted molar refractivity (Wildman–Crippen MR) is 85.6 cm³/mol. The number of rotatable bonds is 9. The first-order valence-electron chi connectivity index (χ1n) is 8.10. The molecule has 1 aromatic rings. The highest BCUT2D eigenvalue weighted by atomic mass is 32.1. The Hall–Kier alpha value is -0.710. The minimum Gasteiger partial charge on any atom is -0.279 e. The van der Waals surface area contributed by atoms with Gasteiger partial charge in [0.2, 0.25) is 0 Å². The molecule has 4 nitrogen and oxygen atoms in total. The number of thiol groups is 1. The highest BCUT2D eigenvalue weighted by Crippen LogP contribution is 2.11. The lowest BCUT2D eigenvalue weighted by molar-refractivity contribution is 0.500. The molecule has 0 bridgehead atoms. The van der Waals surface area contributed by atoms with Crippen LogP contribution in [0, 0.1) is 0 Å². The molecule has 1 aromatic heterocycles. The Labute approximate surface area is 127 Å². The fourth-order valence-corrected chi connectivity index (χ4v) is 3.08. The largest absolute Gasteiger partial charge is 0.345 e. The highest BCUT2D eigenvalue weighted by molar-refractivity contribution is 7.80. The van der Waals surface area contributed by atoms with Gasteiger partial charge in [-0.1, -0.05) is 32.1 Å². The summed E-state index contributed by atoms with van der Waals surface area (Å²) in [7, 11) is 0. The van der Waals surface area contributed by atoms with Gasteiger partial charge in [-0.3, -0.25) is 4.57 Å². The maximum Gasteiger partial charge on any atom is 0.345 e. The topological polar surface area (TPSA) is 39.8 Å². The zero-order valence-electron chi connectivity index (χ0n) is 12.4. The Morgan fingerprint density at radius 1 is 1.00 bits per heavy atom. The van der Waals surface area contributed by atoms with Gasteiger partial charge in [-0.05, 0) is 31.4 Å². The van der Waals surface area contributed by atoms with Crippen LogP contribution in [0.15, 0.2) is 4.79 Å². The van der Waals surface area contributed by atoms with Crippen molar-refractivity contribution in [3.8, 4) is 0 Å². The summed E-state index contributed by atoms with van der Waals surface area (Å²) in [6, 6.07) is 0. The molecule has 0 saturated heterocycles. The average Bonchev–Trinajstić information content (AvgIpc) is 2.79. The third kappa shape index (κ3) is 4.40. The number of hydrogen-bond donors (Lipinski definition) is 1. The molecule has 0 atom stereocenters. The van der Waals surface area contributed by atoms with Crippen LogP contribution in [-0.2, 0) is 19.5 Å². The van der Waals surface area contributed by atoms with Crippen molar-refractivity contribution in [2.75, 3.05) is 5.75 Å². The fourth-order valence-electron chi connectivity index (χ4n) is 2.85. The Kier molecular flexibility index (Phi) is 6.70.